The maximum absolute atomic E-state index is 14.4. The van der Waals surface area contributed by atoms with Crippen LogP contribution in [0.2, 0.25) is 0 Å². The number of ether oxygens (including phenoxy) is 1. The van der Waals surface area contributed by atoms with Crippen LogP contribution in [0, 0.1) is 17.8 Å². The number of alkyl carbamates (subject to hydrolysis) is 1. The van der Waals surface area contributed by atoms with Gasteiger partial charge < -0.3 is 45.4 Å². The van der Waals surface area contributed by atoms with Crippen LogP contribution in [0.25, 0.3) is 10.9 Å². The molecule has 0 spiro atoms. The third-order valence-electron chi connectivity index (χ3n) is 8.73. The highest BCUT2D eigenvalue weighted by atomic mass is 31.2. The molecule has 1 heterocycles. The summed E-state index contributed by atoms with van der Waals surface area (Å²) in [6.07, 6.45) is 0.482. The lowest BCUT2D eigenvalue weighted by atomic mass is 9.97. The molecule has 0 aliphatic rings. The van der Waals surface area contributed by atoms with Gasteiger partial charge in [0.05, 0.1) is 12.0 Å². The van der Waals surface area contributed by atoms with Crippen LogP contribution in [0.4, 0.5) is 4.79 Å². The van der Waals surface area contributed by atoms with Gasteiger partial charge in [0.15, 0.2) is 0 Å². The summed E-state index contributed by atoms with van der Waals surface area (Å²) in [5, 5.41) is 20.9. The van der Waals surface area contributed by atoms with Gasteiger partial charge in [-0.3, -0.25) is 9.59 Å². The SMILES string of the molecule is CC(C)CC(CP([O-])(O)=C(Cc1ccccc1)NC(=O)[C@H](CC(C)C)NC(=O)OCc1ccccc1)C(=O)N[C@@H](Cc1c[nH]c2ccccc12)C(=O)[O-]. The van der Waals surface area contributed by atoms with Crippen molar-refractivity contribution in [2.24, 2.45) is 17.8 Å². The molecular formula is C40H49N4O8P-2. The van der Waals surface area contributed by atoms with E-state index in [9.17, 15) is 34.1 Å². The van der Waals surface area contributed by atoms with E-state index in [0.717, 1.165) is 16.5 Å². The van der Waals surface area contributed by atoms with Crippen molar-refractivity contribution in [2.75, 3.05) is 6.16 Å². The van der Waals surface area contributed by atoms with Crippen molar-refractivity contribution in [3.05, 3.63) is 108 Å². The van der Waals surface area contributed by atoms with E-state index in [-0.39, 0.29) is 49.5 Å². The Morgan fingerprint density at radius 1 is 0.792 bits per heavy atom. The summed E-state index contributed by atoms with van der Waals surface area (Å²) >= 11 is 0. The maximum Gasteiger partial charge on any atom is 0.408 e. The standard InChI is InChI=1S/C40H50N4O8P/c1-26(2)19-31(37(45)42-35(39(47)48)22-30-23-41-33-18-12-11-17-32(30)33)25-53(50,51)36(21-28-13-7-5-8-14-28)44-38(46)34(20-27(3)4)43-40(49)52-24-29-15-9-6-10-16-29/h5-18,23,26-27,31,34-35,41H,19-22,24-25H2,1-4H3,(H5-,42,43,44,45,46,47,48,49,50,51)/q-1/p-1/t31?,34-,35-/m0/s1. The Labute approximate surface area is 310 Å². The van der Waals surface area contributed by atoms with Gasteiger partial charge in [-0.05, 0) is 53.6 Å². The number of carbonyl (C=O) groups is 4. The van der Waals surface area contributed by atoms with Crippen molar-refractivity contribution < 1.29 is 38.8 Å². The van der Waals surface area contributed by atoms with Crippen LogP contribution in [0.5, 0.6) is 0 Å². The highest BCUT2D eigenvalue weighted by Crippen LogP contribution is 2.39. The van der Waals surface area contributed by atoms with Crippen molar-refractivity contribution in [1.29, 1.82) is 0 Å². The Morgan fingerprint density at radius 2 is 1.40 bits per heavy atom. The molecule has 0 radical (unpaired) electrons. The normalized spacial score (nSPS) is 14.2. The number of aliphatic carboxylic acids is 1. The van der Waals surface area contributed by atoms with E-state index >= 15 is 0 Å². The van der Waals surface area contributed by atoms with Crippen LogP contribution in [0.3, 0.4) is 0 Å². The zero-order valence-electron chi connectivity index (χ0n) is 30.5. The van der Waals surface area contributed by atoms with E-state index in [4.69, 9.17) is 4.74 Å². The third-order valence-corrected chi connectivity index (χ3v) is 10.8. The van der Waals surface area contributed by atoms with Crippen molar-refractivity contribution in [2.45, 2.75) is 72.1 Å². The van der Waals surface area contributed by atoms with Crippen LogP contribution in [0.1, 0.15) is 57.2 Å². The first-order valence-electron chi connectivity index (χ1n) is 17.8. The lowest BCUT2D eigenvalue weighted by molar-refractivity contribution is -0.308. The van der Waals surface area contributed by atoms with Gasteiger partial charge in [-0.25, -0.2) is 4.79 Å². The molecule has 0 fully saturated rings. The molecule has 4 atom stereocenters. The van der Waals surface area contributed by atoms with Gasteiger partial charge in [0.25, 0.3) is 0 Å². The Balaban J connectivity index is 1.59. The zero-order chi connectivity index (χ0) is 38.5. The number of rotatable bonds is 18. The molecule has 4 rings (SSSR count). The summed E-state index contributed by atoms with van der Waals surface area (Å²) in [5.41, 5.74) is 2.66. The van der Waals surface area contributed by atoms with Gasteiger partial charge in [-0.2, -0.15) is 0 Å². The molecule has 5 N–H and O–H groups in total. The van der Waals surface area contributed by atoms with E-state index in [0.29, 0.717) is 11.1 Å². The predicted octanol–water partition coefficient (Wildman–Crippen LogP) is 3.64. The van der Waals surface area contributed by atoms with Gasteiger partial charge in [0.2, 0.25) is 11.8 Å². The monoisotopic (exact) mass is 744 g/mol. The number of hydrogen-bond donors (Lipinski definition) is 5. The zero-order valence-corrected chi connectivity index (χ0v) is 31.4. The first kappa shape index (κ1) is 40.9. The average molecular weight is 745 g/mol. The summed E-state index contributed by atoms with van der Waals surface area (Å²) in [6.45, 7) is 7.42. The van der Waals surface area contributed by atoms with Gasteiger partial charge in [0.1, 0.15) is 12.6 Å². The number of para-hydroxylation sites is 1. The topological polar surface area (TPSA) is 196 Å². The molecule has 53 heavy (non-hydrogen) atoms. The predicted molar refractivity (Wildman–Crippen MR) is 202 cm³/mol. The molecule has 0 aliphatic carbocycles. The first-order valence-corrected chi connectivity index (χ1v) is 19.6. The van der Waals surface area contributed by atoms with E-state index in [1.165, 1.54) is 0 Å². The van der Waals surface area contributed by atoms with Crippen molar-refractivity contribution in [3.63, 3.8) is 0 Å². The van der Waals surface area contributed by atoms with Gasteiger partial charge in [0, 0.05) is 41.3 Å². The molecule has 3 amide bonds. The second-order valence-electron chi connectivity index (χ2n) is 14.1. The molecule has 0 bridgehead atoms. The van der Waals surface area contributed by atoms with E-state index in [1.54, 1.807) is 48.7 Å². The molecule has 284 valence electrons. The van der Waals surface area contributed by atoms with E-state index in [2.05, 4.69) is 20.9 Å². The first-order chi connectivity index (χ1) is 25.2. The number of nitrogens with one attached hydrogen (secondary N) is 4. The fourth-order valence-corrected chi connectivity index (χ4v) is 7.98. The molecule has 0 saturated heterocycles. The summed E-state index contributed by atoms with van der Waals surface area (Å²) in [6, 6.07) is 22.7. The van der Waals surface area contributed by atoms with Crippen molar-refractivity contribution >= 4 is 47.5 Å². The molecule has 4 aromatic rings. The van der Waals surface area contributed by atoms with Gasteiger partial charge in [-0.15, -0.1) is 0 Å². The number of aromatic amines is 1. The maximum atomic E-state index is 14.4. The molecule has 0 aliphatic heterocycles. The van der Waals surface area contributed by atoms with Crippen LogP contribution in [0.15, 0.2) is 91.1 Å². The molecular weight excluding hydrogens is 695 g/mol. The summed E-state index contributed by atoms with van der Waals surface area (Å²) in [5.74, 6) is -4.15. The number of benzene rings is 3. The van der Waals surface area contributed by atoms with Crippen LogP contribution in [-0.4, -0.2) is 57.4 Å². The minimum Gasteiger partial charge on any atom is -0.808 e. The smallest absolute Gasteiger partial charge is 0.408 e. The third kappa shape index (κ3) is 12.6. The number of carboxylic acid groups (broad SMARTS) is 1. The Hall–Kier alpha value is -4.90. The number of carboxylic acids is 1. The minimum absolute atomic E-state index is 0.0141. The number of H-pyrrole nitrogens is 1. The minimum atomic E-state index is -4.49. The van der Waals surface area contributed by atoms with Gasteiger partial charge in [-0.1, -0.05) is 114 Å². The van der Waals surface area contributed by atoms with Gasteiger partial charge >= 0.3 is 6.09 Å². The number of amides is 3. The quantitative estimate of drug-likeness (QED) is 0.0953. The molecule has 12 nitrogen and oxygen atoms in total. The second-order valence-corrected chi connectivity index (χ2v) is 16.4. The Bertz CT molecular complexity index is 1890. The molecule has 1 aromatic heterocycles. The van der Waals surface area contributed by atoms with Crippen LogP contribution < -0.4 is 26.0 Å². The number of carbonyl (C=O) groups excluding carboxylic acids is 4. The average Bonchev–Trinajstić information content (AvgIpc) is 3.52. The number of hydrogen-bond acceptors (Lipinski definition) is 8. The van der Waals surface area contributed by atoms with E-state index in [1.807, 2.05) is 70.2 Å². The van der Waals surface area contributed by atoms with E-state index < -0.39 is 55.4 Å². The summed E-state index contributed by atoms with van der Waals surface area (Å²) in [4.78, 5) is 81.8. The molecule has 0 saturated carbocycles. The largest absolute Gasteiger partial charge is 0.808 e. The fourth-order valence-electron chi connectivity index (χ4n) is 6.13. The van der Waals surface area contributed by atoms with Crippen molar-refractivity contribution in [1.82, 2.24) is 20.9 Å². The Morgan fingerprint density at radius 3 is 2.02 bits per heavy atom. The summed E-state index contributed by atoms with van der Waals surface area (Å²) in [7, 11) is -4.49. The van der Waals surface area contributed by atoms with Crippen LogP contribution >= 0.6 is 7.34 Å². The fraction of sp³-hybridized carbons (Fsp3) is 0.375. The Kier molecular flexibility index (Phi) is 14.8. The molecule has 2 unspecified atom stereocenters. The molecule has 13 heteroatoms. The van der Waals surface area contributed by atoms with Crippen molar-refractivity contribution in [3.8, 4) is 0 Å². The lowest BCUT2D eigenvalue weighted by Crippen LogP contribution is -2.52. The lowest BCUT2D eigenvalue weighted by Gasteiger charge is -2.35. The second kappa shape index (κ2) is 19.3. The number of fused-ring (bicyclic) bond motifs is 1. The highest BCUT2D eigenvalue weighted by Gasteiger charge is 2.29. The van der Waals surface area contributed by atoms with Crippen LogP contribution in [-0.2, 0) is 38.6 Å². The molecule has 3 aromatic carbocycles. The highest BCUT2D eigenvalue weighted by molar-refractivity contribution is 7.64. The number of aromatic nitrogens is 1. The summed E-state index contributed by atoms with van der Waals surface area (Å²) < 4.78 is 5.34.